The molecule has 0 bridgehead atoms. The van der Waals surface area contributed by atoms with E-state index >= 15 is 0 Å². The second-order valence-corrected chi connectivity index (χ2v) is 6.56. The van der Waals surface area contributed by atoms with Crippen LogP contribution in [0.25, 0.3) is 10.1 Å². The molecular formula is C16H24N2S. The molecule has 2 N–H and O–H groups in total. The number of nitrogens with zero attached hydrogens (tertiary/aromatic N) is 1. The monoisotopic (exact) mass is 276 g/mol. The molecule has 19 heavy (non-hydrogen) atoms. The third kappa shape index (κ3) is 3.35. The van der Waals surface area contributed by atoms with Crippen molar-refractivity contribution in [2.45, 2.75) is 33.9 Å². The fourth-order valence-electron chi connectivity index (χ4n) is 2.53. The number of benzene rings is 1. The minimum Gasteiger partial charge on any atom is -0.326 e. The zero-order valence-corrected chi connectivity index (χ0v) is 13.0. The van der Waals surface area contributed by atoms with Gasteiger partial charge in [0.05, 0.1) is 0 Å². The average Bonchev–Trinajstić information content (AvgIpc) is 2.75. The van der Waals surface area contributed by atoms with E-state index in [1.807, 2.05) is 11.3 Å². The molecule has 1 heterocycles. The van der Waals surface area contributed by atoms with E-state index in [-0.39, 0.29) is 0 Å². The van der Waals surface area contributed by atoms with Crippen molar-refractivity contribution < 1.29 is 0 Å². The Morgan fingerprint density at radius 1 is 1.26 bits per heavy atom. The van der Waals surface area contributed by atoms with Crippen molar-refractivity contribution in [3.8, 4) is 0 Å². The minimum atomic E-state index is 0.647. The molecule has 0 unspecified atom stereocenters. The lowest BCUT2D eigenvalue weighted by molar-refractivity contribution is 0.249. The first-order chi connectivity index (χ1) is 9.15. The maximum Gasteiger partial charge on any atom is 0.0349 e. The summed E-state index contributed by atoms with van der Waals surface area (Å²) in [6.45, 7) is 10.7. The number of fused-ring (bicyclic) bond motifs is 1. The molecule has 0 spiro atoms. The van der Waals surface area contributed by atoms with Crippen LogP contribution in [0.1, 0.15) is 31.2 Å². The summed E-state index contributed by atoms with van der Waals surface area (Å²) in [5.74, 6) is 0.700. The van der Waals surface area contributed by atoms with Crippen molar-refractivity contribution in [2.24, 2.45) is 11.7 Å². The maximum absolute atomic E-state index is 5.92. The molecule has 3 heteroatoms. The normalized spacial score (nSPS) is 11.9. The zero-order valence-electron chi connectivity index (χ0n) is 12.1. The van der Waals surface area contributed by atoms with Crippen molar-refractivity contribution in [1.29, 1.82) is 0 Å². The number of nitrogens with two attached hydrogens (primary N) is 1. The van der Waals surface area contributed by atoms with Gasteiger partial charge in [0.25, 0.3) is 0 Å². The molecular weight excluding hydrogens is 252 g/mol. The molecule has 1 aromatic carbocycles. The molecule has 0 amide bonds. The predicted molar refractivity (Wildman–Crippen MR) is 85.5 cm³/mol. The Labute approximate surface area is 120 Å². The van der Waals surface area contributed by atoms with Gasteiger partial charge in [-0.3, -0.25) is 4.90 Å². The smallest absolute Gasteiger partial charge is 0.0349 e. The summed E-state index contributed by atoms with van der Waals surface area (Å²) in [6.07, 6.45) is 0. The summed E-state index contributed by atoms with van der Waals surface area (Å²) in [7, 11) is 0. The van der Waals surface area contributed by atoms with E-state index in [1.54, 1.807) is 0 Å². The van der Waals surface area contributed by atoms with Gasteiger partial charge in [-0.2, -0.15) is 0 Å². The van der Waals surface area contributed by atoms with E-state index in [1.165, 1.54) is 20.5 Å². The Morgan fingerprint density at radius 3 is 2.63 bits per heavy atom. The van der Waals surface area contributed by atoms with E-state index in [0.29, 0.717) is 12.5 Å². The van der Waals surface area contributed by atoms with Crippen molar-refractivity contribution in [2.75, 3.05) is 13.1 Å². The van der Waals surface area contributed by atoms with E-state index in [0.717, 1.165) is 19.6 Å². The van der Waals surface area contributed by atoms with E-state index < -0.39 is 0 Å². The van der Waals surface area contributed by atoms with Crippen LogP contribution in [-0.2, 0) is 13.1 Å². The van der Waals surface area contributed by atoms with Gasteiger partial charge in [-0.15, -0.1) is 11.3 Å². The molecule has 0 fully saturated rings. The highest BCUT2D eigenvalue weighted by atomic mass is 32.1. The fraction of sp³-hybridized carbons (Fsp3) is 0.500. The summed E-state index contributed by atoms with van der Waals surface area (Å²) in [5.41, 5.74) is 7.36. The van der Waals surface area contributed by atoms with Gasteiger partial charge in [0.1, 0.15) is 0 Å². The van der Waals surface area contributed by atoms with Crippen molar-refractivity contribution in [3.63, 3.8) is 0 Å². The largest absolute Gasteiger partial charge is 0.326 e. The summed E-state index contributed by atoms with van der Waals surface area (Å²) in [6, 6.07) is 8.65. The molecule has 0 aliphatic heterocycles. The summed E-state index contributed by atoms with van der Waals surface area (Å²) in [5, 5.41) is 1.38. The van der Waals surface area contributed by atoms with Crippen LogP contribution in [0.15, 0.2) is 24.3 Å². The maximum atomic E-state index is 5.92. The minimum absolute atomic E-state index is 0.647. The van der Waals surface area contributed by atoms with Gasteiger partial charge in [-0.05, 0) is 29.5 Å². The quantitative estimate of drug-likeness (QED) is 0.868. The third-order valence-corrected chi connectivity index (χ3v) is 4.65. The Morgan fingerprint density at radius 2 is 2.00 bits per heavy atom. The second kappa shape index (κ2) is 6.51. The molecule has 0 aliphatic carbocycles. The van der Waals surface area contributed by atoms with Crippen LogP contribution in [0.3, 0.4) is 0 Å². The standard InChI is InChI=1S/C16H24N2S/c1-4-18(10-12(2)3)11-14-13-7-5-6-8-15(13)19-16(14)9-17/h5-8,12H,4,9-11,17H2,1-3H3. The van der Waals surface area contributed by atoms with E-state index in [4.69, 9.17) is 5.73 Å². The second-order valence-electron chi connectivity index (χ2n) is 5.43. The lowest BCUT2D eigenvalue weighted by atomic mass is 10.1. The van der Waals surface area contributed by atoms with Gasteiger partial charge in [0.2, 0.25) is 0 Å². The first-order valence-electron chi connectivity index (χ1n) is 7.07. The van der Waals surface area contributed by atoms with Crippen LogP contribution >= 0.6 is 11.3 Å². The summed E-state index contributed by atoms with van der Waals surface area (Å²) < 4.78 is 1.36. The van der Waals surface area contributed by atoms with Gasteiger partial charge in [-0.25, -0.2) is 0 Å². The van der Waals surface area contributed by atoms with Gasteiger partial charge < -0.3 is 5.73 Å². The Bertz CT molecular complexity index is 531. The number of hydrogen-bond acceptors (Lipinski definition) is 3. The molecule has 104 valence electrons. The SMILES string of the molecule is CCN(Cc1c(CN)sc2ccccc12)CC(C)C. The molecule has 2 nitrogen and oxygen atoms in total. The van der Waals surface area contributed by atoms with Gasteiger partial charge in [0, 0.05) is 29.2 Å². The molecule has 0 aliphatic rings. The van der Waals surface area contributed by atoms with Crippen LogP contribution in [0.4, 0.5) is 0 Å². The van der Waals surface area contributed by atoms with Crippen LogP contribution in [0.2, 0.25) is 0 Å². The highest BCUT2D eigenvalue weighted by Gasteiger charge is 2.14. The van der Waals surface area contributed by atoms with Crippen molar-refractivity contribution >= 4 is 21.4 Å². The lowest BCUT2D eigenvalue weighted by Gasteiger charge is -2.23. The van der Waals surface area contributed by atoms with E-state index in [9.17, 15) is 0 Å². The van der Waals surface area contributed by atoms with Gasteiger partial charge in [0.15, 0.2) is 0 Å². The Hall–Kier alpha value is -0.900. The zero-order chi connectivity index (χ0) is 13.8. The van der Waals surface area contributed by atoms with Crippen LogP contribution in [-0.4, -0.2) is 18.0 Å². The number of thiophene rings is 1. The molecule has 2 aromatic rings. The number of hydrogen-bond donors (Lipinski definition) is 1. The fourth-order valence-corrected chi connectivity index (χ4v) is 3.63. The van der Waals surface area contributed by atoms with Gasteiger partial charge in [-0.1, -0.05) is 39.0 Å². The first-order valence-corrected chi connectivity index (χ1v) is 7.89. The van der Waals surface area contributed by atoms with Crippen LogP contribution in [0.5, 0.6) is 0 Å². The third-order valence-electron chi connectivity index (χ3n) is 3.42. The summed E-state index contributed by atoms with van der Waals surface area (Å²) in [4.78, 5) is 3.85. The van der Waals surface area contributed by atoms with Gasteiger partial charge >= 0.3 is 0 Å². The van der Waals surface area contributed by atoms with Crippen LogP contribution < -0.4 is 5.73 Å². The average molecular weight is 276 g/mol. The molecule has 0 atom stereocenters. The molecule has 2 rings (SSSR count). The summed E-state index contributed by atoms with van der Waals surface area (Å²) >= 11 is 1.84. The first kappa shape index (κ1) is 14.5. The lowest BCUT2D eigenvalue weighted by Crippen LogP contribution is -2.27. The predicted octanol–water partition coefficient (Wildman–Crippen LogP) is 3.84. The molecule has 0 saturated carbocycles. The molecule has 1 aromatic heterocycles. The van der Waals surface area contributed by atoms with Crippen molar-refractivity contribution in [1.82, 2.24) is 4.90 Å². The Kier molecular flexibility index (Phi) is 4.97. The Balaban J connectivity index is 2.32. The molecule has 0 saturated heterocycles. The van der Waals surface area contributed by atoms with E-state index in [2.05, 4.69) is 49.9 Å². The topological polar surface area (TPSA) is 29.3 Å². The van der Waals surface area contributed by atoms with Crippen molar-refractivity contribution in [3.05, 3.63) is 34.7 Å². The highest BCUT2D eigenvalue weighted by molar-refractivity contribution is 7.19. The number of rotatable bonds is 6. The molecule has 0 radical (unpaired) electrons. The highest BCUT2D eigenvalue weighted by Crippen LogP contribution is 2.32. The van der Waals surface area contributed by atoms with Crippen LogP contribution in [0, 0.1) is 5.92 Å².